The van der Waals surface area contributed by atoms with Gasteiger partial charge in [-0.25, -0.2) is 0 Å². The van der Waals surface area contributed by atoms with E-state index in [0.29, 0.717) is 23.9 Å². The Morgan fingerprint density at radius 2 is 1.80 bits per heavy atom. The fourth-order valence-corrected chi connectivity index (χ4v) is 5.38. The second-order valence-electron chi connectivity index (χ2n) is 8.23. The van der Waals surface area contributed by atoms with Crippen LogP contribution in [0.15, 0.2) is 59.1 Å². The highest BCUT2D eigenvalue weighted by atomic mass is 35.5. The standard InChI is InChI=1S/C24H25ClN2O2.ClH/c1-27-18-9-12-22(27)24(20(13-18)15-3-7-17(25)8-4-15)23-14-21(26-29-23)16-5-10-19(28-2)11-6-16;/h3-8,10-11,14,18,20,22,24H,9,12-13H2,1-2H3;1H/t18?,20-,22?,24+;/m1./s1. The van der Waals surface area contributed by atoms with Crippen LogP contribution in [-0.2, 0) is 0 Å². The predicted molar refractivity (Wildman–Crippen MR) is 122 cm³/mol. The van der Waals surface area contributed by atoms with Gasteiger partial charge in [0, 0.05) is 34.7 Å². The van der Waals surface area contributed by atoms with Crippen LogP contribution in [0.4, 0.5) is 0 Å². The Kier molecular flexibility index (Phi) is 6.10. The fourth-order valence-electron chi connectivity index (χ4n) is 5.25. The van der Waals surface area contributed by atoms with Crippen LogP contribution in [0.5, 0.6) is 5.75 Å². The lowest BCUT2D eigenvalue weighted by Crippen LogP contribution is -2.44. The summed E-state index contributed by atoms with van der Waals surface area (Å²) in [5, 5.41) is 5.19. The van der Waals surface area contributed by atoms with E-state index in [0.717, 1.165) is 34.2 Å². The number of fused-ring (bicyclic) bond motifs is 2. The highest BCUT2D eigenvalue weighted by molar-refractivity contribution is 6.30. The number of rotatable bonds is 4. The zero-order valence-electron chi connectivity index (χ0n) is 17.1. The first-order valence-electron chi connectivity index (χ1n) is 10.2. The molecule has 0 spiro atoms. The zero-order chi connectivity index (χ0) is 20.0. The summed E-state index contributed by atoms with van der Waals surface area (Å²) in [6.07, 6.45) is 3.59. The Balaban J connectivity index is 0.00000218. The average Bonchev–Trinajstić information content (AvgIpc) is 3.31. The number of benzene rings is 2. The van der Waals surface area contributed by atoms with Crippen molar-refractivity contribution in [2.45, 2.75) is 43.2 Å². The minimum Gasteiger partial charge on any atom is -0.497 e. The van der Waals surface area contributed by atoms with Gasteiger partial charge >= 0.3 is 0 Å². The summed E-state index contributed by atoms with van der Waals surface area (Å²) < 4.78 is 11.2. The lowest BCUT2D eigenvalue weighted by Gasteiger charge is -2.42. The molecule has 0 aliphatic carbocycles. The molecule has 30 heavy (non-hydrogen) atoms. The topological polar surface area (TPSA) is 38.5 Å². The van der Waals surface area contributed by atoms with Gasteiger partial charge in [0.2, 0.25) is 0 Å². The summed E-state index contributed by atoms with van der Waals surface area (Å²) in [6, 6.07) is 19.5. The molecule has 2 aliphatic heterocycles. The number of aromatic nitrogens is 1. The quantitative estimate of drug-likeness (QED) is 0.482. The summed E-state index contributed by atoms with van der Waals surface area (Å²) in [4.78, 5) is 2.55. The molecule has 2 fully saturated rings. The molecular formula is C24H26Cl2N2O2. The van der Waals surface area contributed by atoms with Crippen molar-refractivity contribution >= 4 is 24.0 Å². The predicted octanol–water partition coefficient (Wildman–Crippen LogP) is 6.16. The van der Waals surface area contributed by atoms with Gasteiger partial charge in [-0.3, -0.25) is 4.90 Å². The Morgan fingerprint density at radius 1 is 1.07 bits per heavy atom. The van der Waals surface area contributed by atoms with Gasteiger partial charge in [-0.1, -0.05) is 28.9 Å². The molecule has 158 valence electrons. The first-order valence-corrected chi connectivity index (χ1v) is 10.6. The summed E-state index contributed by atoms with van der Waals surface area (Å²) in [5.74, 6) is 2.52. The fraction of sp³-hybridized carbons (Fsp3) is 0.375. The minimum atomic E-state index is 0. The van der Waals surface area contributed by atoms with Crippen LogP contribution >= 0.6 is 24.0 Å². The van der Waals surface area contributed by atoms with Crippen LogP contribution in [0.1, 0.15) is 42.4 Å². The number of halogens is 2. The van der Waals surface area contributed by atoms with Gasteiger partial charge in [-0.2, -0.15) is 0 Å². The number of hydrogen-bond acceptors (Lipinski definition) is 4. The van der Waals surface area contributed by atoms with Gasteiger partial charge in [-0.15, -0.1) is 12.4 Å². The molecule has 2 saturated heterocycles. The van der Waals surface area contributed by atoms with E-state index in [-0.39, 0.29) is 12.4 Å². The molecule has 0 radical (unpaired) electrons. The van der Waals surface area contributed by atoms with Crippen molar-refractivity contribution < 1.29 is 9.26 Å². The van der Waals surface area contributed by atoms with E-state index >= 15 is 0 Å². The van der Waals surface area contributed by atoms with Crippen LogP contribution in [0.3, 0.4) is 0 Å². The van der Waals surface area contributed by atoms with Gasteiger partial charge in [0.25, 0.3) is 0 Å². The van der Waals surface area contributed by atoms with E-state index < -0.39 is 0 Å². The van der Waals surface area contributed by atoms with Crippen LogP contribution in [0.2, 0.25) is 5.02 Å². The lowest BCUT2D eigenvalue weighted by molar-refractivity contribution is 0.122. The maximum atomic E-state index is 6.14. The number of methoxy groups -OCH3 is 1. The first kappa shape index (κ1) is 21.2. The third-order valence-electron chi connectivity index (χ3n) is 6.81. The summed E-state index contributed by atoms with van der Waals surface area (Å²) in [7, 11) is 3.93. The number of piperidine rings is 1. The smallest absolute Gasteiger partial charge is 0.142 e. The molecule has 6 heteroatoms. The summed E-state index contributed by atoms with van der Waals surface area (Å²) in [5.41, 5.74) is 3.25. The van der Waals surface area contributed by atoms with Crippen LogP contribution in [-0.4, -0.2) is 36.3 Å². The Bertz CT molecular complexity index is 987. The van der Waals surface area contributed by atoms with E-state index in [1.54, 1.807) is 7.11 Å². The highest BCUT2D eigenvalue weighted by Crippen LogP contribution is 2.51. The van der Waals surface area contributed by atoms with Gasteiger partial charge in [0.1, 0.15) is 17.2 Å². The molecular weight excluding hydrogens is 419 g/mol. The second kappa shape index (κ2) is 8.62. The lowest BCUT2D eigenvalue weighted by atomic mass is 9.75. The number of hydrogen-bond donors (Lipinski definition) is 0. The van der Waals surface area contributed by atoms with Gasteiger partial charge in [0.15, 0.2) is 0 Å². The van der Waals surface area contributed by atoms with Gasteiger partial charge in [0.05, 0.1) is 7.11 Å². The van der Waals surface area contributed by atoms with Crippen molar-refractivity contribution in [3.05, 3.63) is 70.9 Å². The van der Waals surface area contributed by atoms with Crippen LogP contribution in [0.25, 0.3) is 11.3 Å². The molecule has 4 atom stereocenters. The molecule has 3 aromatic rings. The second-order valence-corrected chi connectivity index (χ2v) is 8.66. The summed E-state index contributed by atoms with van der Waals surface area (Å²) >= 11 is 6.14. The average molecular weight is 445 g/mol. The third kappa shape index (κ3) is 3.73. The third-order valence-corrected chi connectivity index (χ3v) is 7.06. The van der Waals surface area contributed by atoms with Crippen molar-refractivity contribution in [2.75, 3.05) is 14.2 Å². The molecule has 2 aromatic carbocycles. The van der Waals surface area contributed by atoms with Crippen LogP contribution < -0.4 is 4.74 Å². The van der Waals surface area contributed by atoms with E-state index in [1.165, 1.54) is 18.4 Å². The van der Waals surface area contributed by atoms with Crippen molar-refractivity contribution in [3.8, 4) is 17.0 Å². The molecule has 2 aliphatic rings. The van der Waals surface area contributed by atoms with Crippen molar-refractivity contribution in [1.29, 1.82) is 0 Å². The molecule has 4 nitrogen and oxygen atoms in total. The Morgan fingerprint density at radius 3 is 2.50 bits per heavy atom. The number of likely N-dealkylation sites (N-methyl/N-ethyl adjacent to an activating group) is 1. The Hall–Kier alpha value is -2.01. The molecule has 0 N–H and O–H groups in total. The normalized spacial score (nSPS) is 25.7. The molecule has 0 amide bonds. The largest absolute Gasteiger partial charge is 0.497 e. The van der Waals surface area contributed by atoms with Crippen molar-refractivity contribution in [1.82, 2.24) is 10.1 Å². The Labute approximate surface area is 188 Å². The molecule has 5 rings (SSSR count). The van der Waals surface area contributed by atoms with Crippen molar-refractivity contribution in [2.24, 2.45) is 0 Å². The monoisotopic (exact) mass is 444 g/mol. The first-order chi connectivity index (χ1) is 14.1. The number of nitrogens with zero attached hydrogens (tertiary/aromatic N) is 2. The summed E-state index contributed by atoms with van der Waals surface area (Å²) in [6.45, 7) is 0. The van der Waals surface area contributed by atoms with E-state index in [1.807, 2.05) is 36.4 Å². The molecule has 0 saturated carbocycles. The van der Waals surface area contributed by atoms with E-state index in [2.05, 4.69) is 35.3 Å². The van der Waals surface area contributed by atoms with Gasteiger partial charge in [-0.05, 0) is 74.2 Å². The molecule has 2 bridgehead atoms. The molecule has 1 aromatic heterocycles. The van der Waals surface area contributed by atoms with Crippen molar-refractivity contribution in [3.63, 3.8) is 0 Å². The SMILES string of the molecule is COc1ccc(-c2cc([C@@H]3C4CCC(C[C@@H]3c3ccc(Cl)cc3)N4C)on2)cc1.Cl. The highest BCUT2D eigenvalue weighted by Gasteiger charge is 2.48. The number of ether oxygens (including phenoxy) is 1. The molecule has 2 unspecified atom stereocenters. The minimum absolute atomic E-state index is 0. The zero-order valence-corrected chi connectivity index (χ0v) is 18.7. The van der Waals surface area contributed by atoms with E-state index in [4.69, 9.17) is 20.9 Å². The van der Waals surface area contributed by atoms with Gasteiger partial charge < -0.3 is 9.26 Å². The van der Waals surface area contributed by atoms with Crippen LogP contribution in [0, 0.1) is 0 Å². The van der Waals surface area contributed by atoms with E-state index in [9.17, 15) is 0 Å². The molecule has 3 heterocycles. The maximum absolute atomic E-state index is 6.14. The maximum Gasteiger partial charge on any atom is 0.142 e.